The molecule has 0 saturated heterocycles. The van der Waals surface area contributed by atoms with Crippen LogP contribution in [0.15, 0.2) is 12.1 Å². The summed E-state index contributed by atoms with van der Waals surface area (Å²) in [4.78, 5) is 23.8. The van der Waals surface area contributed by atoms with Crippen molar-refractivity contribution >= 4 is 56.5 Å². The maximum absolute atomic E-state index is 12.7. The Kier molecular flexibility index (Phi) is 8.82. The van der Waals surface area contributed by atoms with Crippen LogP contribution in [0.4, 0.5) is 13.2 Å². The zero-order valence-corrected chi connectivity index (χ0v) is 17.0. The monoisotopic (exact) mass is 434 g/mol. The van der Waals surface area contributed by atoms with Crippen molar-refractivity contribution in [1.82, 2.24) is 0 Å². The number of halogens is 3. The van der Waals surface area contributed by atoms with Gasteiger partial charge >= 0.3 is 18.1 Å². The van der Waals surface area contributed by atoms with Crippen LogP contribution in [0.25, 0.3) is 0 Å². The van der Waals surface area contributed by atoms with Crippen LogP contribution in [0.2, 0.25) is 0 Å². The van der Waals surface area contributed by atoms with Crippen molar-refractivity contribution in [3.8, 4) is 0 Å². The molecule has 14 heteroatoms. The Morgan fingerprint density at radius 1 is 1.21 bits per heavy atom. The number of rotatable bonds is 9. The molecule has 0 fully saturated rings. The first-order valence-corrected chi connectivity index (χ1v) is 10.3. The molecule has 1 rings (SSSR count). The van der Waals surface area contributed by atoms with Gasteiger partial charge in [-0.2, -0.15) is 21.6 Å². The van der Waals surface area contributed by atoms with Crippen LogP contribution < -0.4 is 10.9 Å². The van der Waals surface area contributed by atoms with Crippen LogP contribution in [0.5, 0.6) is 0 Å². The van der Waals surface area contributed by atoms with Crippen LogP contribution in [0, 0.1) is 0 Å². The standard InChI is InChI=1S/C15H20B3F3O7S/c16-6-10-9(4-8(17)5-11(10)18)14(23)27-3-1-2-13(22)28-12(15(19,20)21)7-29(24,25)26/h4-5,12H,1-3,6-7,16-18H2,(H,24,25,26). The van der Waals surface area contributed by atoms with E-state index in [2.05, 4.69) is 4.74 Å². The fraction of sp³-hybridized carbons (Fsp3) is 0.467. The maximum atomic E-state index is 12.7. The lowest BCUT2D eigenvalue weighted by atomic mass is 9.77. The normalized spacial score (nSPS) is 13.0. The van der Waals surface area contributed by atoms with Gasteiger partial charge in [0.05, 0.1) is 12.2 Å². The van der Waals surface area contributed by atoms with E-state index in [1.165, 1.54) is 0 Å². The lowest BCUT2D eigenvalue weighted by Crippen LogP contribution is -2.39. The minimum atomic E-state index is -5.16. The minimum Gasteiger partial charge on any atom is -0.462 e. The van der Waals surface area contributed by atoms with Crippen LogP contribution in [-0.4, -0.2) is 73.1 Å². The number of ether oxygens (including phenoxy) is 2. The molecule has 7 nitrogen and oxygen atoms in total. The van der Waals surface area contributed by atoms with Gasteiger partial charge in [-0.05, 0) is 12.0 Å². The number of hydrogen-bond acceptors (Lipinski definition) is 6. The highest BCUT2D eigenvalue weighted by Crippen LogP contribution is 2.24. The van der Waals surface area contributed by atoms with Gasteiger partial charge < -0.3 is 9.47 Å². The Labute approximate surface area is 169 Å². The van der Waals surface area contributed by atoms with Gasteiger partial charge in [-0.1, -0.05) is 29.4 Å². The van der Waals surface area contributed by atoms with E-state index in [4.69, 9.17) is 9.29 Å². The molecule has 0 saturated carbocycles. The quantitative estimate of drug-likeness (QED) is 0.201. The average molecular weight is 434 g/mol. The average Bonchev–Trinajstić information content (AvgIpc) is 2.55. The summed E-state index contributed by atoms with van der Waals surface area (Å²) >= 11 is 0. The molecule has 1 atom stereocenters. The molecule has 1 unspecified atom stereocenters. The molecule has 0 spiro atoms. The topological polar surface area (TPSA) is 107 Å². The molecule has 0 bridgehead atoms. The van der Waals surface area contributed by atoms with Gasteiger partial charge in [0.15, 0.2) is 0 Å². The summed E-state index contributed by atoms with van der Waals surface area (Å²) < 4.78 is 77.2. The van der Waals surface area contributed by atoms with E-state index < -0.39 is 46.5 Å². The Hall–Kier alpha value is -1.95. The molecule has 0 amide bonds. The van der Waals surface area contributed by atoms with Gasteiger partial charge in [0.1, 0.15) is 29.3 Å². The van der Waals surface area contributed by atoms with E-state index >= 15 is 0 Å². The van der Waals surface area contributed by atoms with Gasteiger partial charge in [0.2, 0.25) is 6.10 Å². The second-order valence-electron chi connectivity index (χ2n) is 6.47. The van der Waals surface area contributed by atoms with Gasteiger partial charge in [-0.3, -0.25) is 9.35 Å². The highest BCUT2D eigenvalue weighted by atomic mass is 32.2. The summed E-state index contributed by atoms with van der Waals surface area (Å²) in [7, 11) is 0.569. The predicted molar refractivity (Wildman–Crippen MR) is 107 cm³/mol. The molecule has 0 heterocycles. The van der Waals surface area contributed by atoms with Gasteiger partial charge in [-0.15, -0.1) is 0 Å². The lowest BCUT2D eigenvalue weighted by molar-refractivity contribution is -0.215. The van der Waals surface area contributed by atoms with E-state index in [9.17, 15) is 31.2 Å². The third-order valence-corrected chi connectivity index (χ3v) is 4.67. The smallest absolute Gasteiger partial charge is 0.426 e. The zero-order chi connectivity index (χ0) is 22.4. The molecule has 0 aromatic heterocycles. The van der Waals surface area contributed by atoms with Crippen LogP contribution in [0.1, 0.15) is 28.8 Å². The summed E-state index contributed by atoms with van der Waals surface area (Å²) in [5.74, 6) is -3.72. The predicted octanol–water partition coefficient (Wildman–Crippen LogP) is -2.36. The van der Waals surface area contributed by atoms with Gasteiger partial charge in [0.25, 0.3) is 10.1 Å². The largest absolute Gasteiger partial charge is 0.462 e. The second-order valence-corrected chi connectivity index (χ2v) is 7.97. The van der Waals surface area contributed by atoms with Crippen molar-refractivity contribution in [3.63, 3.8) is 0 Å². The molecule has 1 aromatic carbocycles. The van der Waals surface area contributed by atoms with Crippen LogP contribution in [-0.2, 0) is 30.7 Å². The van der Waals surface area contributed by atoms with Crippen LogP contribution >= 0.6 is 0 Å². The van der Waals surface area contributed by atoms with E-state index in [0.29, 0.717) is 11.9 Å². The van der Waals surface area contributed by atoms with Crippen molar-refractivity contribution < 1.29 is 45.2 Å². The summed E-state index contributed by atoms with van der Waals surface area (Å²) in [6.07, 6.45) is -8.17. The Morgan fingerprint density at radius 2 is 1.83 bits per heavy atom. The number of carbonyl (C=O) groups excluding carboxylic acids is 2. The molecule has 1 N–H and O–H groups in total. The van der Waals surface area contributed by atoms with Gasteiger partial charge in [0, 0.05) is 6.42 Å². The molecule has 158 valence electrons. The molecule has 0 aliphatic heterocycles. The molecule has 29 heavy (non-hydrogen) atoms. The summed E-state index contributed by atoms with van der Waals surface area (Å²) in [5, 5.41) is 0. The SMILES string of the molecule is BCc1c(B)cc(B)cc1C(=O)OCCCC(=O)OC(CS(=O)(=O)O)C(F)(F)F. The molecular weight excluding hydrogens is 414 g/mol. The molecular formula is C15H20B3F3O7S. The van der Waals surface area contributed by atoms with E-state index in [1.807, 2.05) is 29.6 Å². The Bertz CT molecular complexity index is 859. The van der Waals surface area contributed by atoms with Crippen molar-refractivity contribution in [2.75, 3.05) is 12.4 Å². The Morgan fingerprint density at radius 3 is 2.34 bits per heavy atom. The van der Waals surface area contributed by atoms with Crippen LogP contribution in [0.3, 0.4) is 0 Å². The van der Waals surface area contributed by atoms with Crippen molar-refractivity contribution in [3.05, 3.63) is 23.3 Å². The first kappa shape index (κ1) is 25.1. The molecule has 0 aliphatic rings. The third-order valence-electron chi connectivity index (χ3n) is 3.95. The molecule has 1 aromatic rings. The summed E-state index contributed by atoms with van der Waals surface area (Å²) in [6, 6.07) is 3.60. The number of alkyl halides is 3. The maximum Gasteiger partial charge on any atom is 0.426 e. The second kappa shape index (κ2) is 10.2. The van der Waals surface area contributed by atoms with Crippen molar-refractivity contribution in [2.45, 2.75) is 31.4 Å². The number of carbonyl (C=O) groups is 2. The molecule has 0 aliphatic carbocycles. The highest BCUT2D eigenvalue weighted by molar-refractivity contribution is 7.85. The first-order valence-electron chi connectivity index (χ1n) is 8.73. The number of esters is 2. The number of hydrogen-bond donors (Lipinski definition) is 1. The number of benzene rings is 1. The van der Waals surface area contributed by atoms with Gasteiger partial charge in [-0.25, -0.2) is 4.79 Å². The first-order chi connectivity index (χ1) is 13.2. The molecule has 0 radical (unpaired) electrons. The van der Waals surface area contributed by atoms with E-state index in [1.54, 1.807) is 6.07 Å². The van der Waals surface area contributed by atoms with E-state index in [0.717, 1.165) is 16.5 Å². The fourth-order valence-corrected chi connectivity index (χ4v) is 3.35. The van der Waals surface area contributed by atoms with Crippen molar-refractivity contribution in [1.29, 1.82) is 0 Å². The van der Waals surface area contributed by atoms with Crippen molar-refractivity contribution in [2.24, 2.45) is 0 Å². The summed E-state index contributed by atoms with van der Waals surface area (Å²) in [5.41, 5.74) is 3.00. The lowest BCUT2D eigenvalue weighted by Gasteiger charge is -2.19. The summed E-state index contributed by atoms with van der Waals surface area (Å²) in [6.45, 7) is -0.237. The Balaban J connectivity index is 2.59. The highest BCUT2D eigenvalue weighted by Gasteiger charge is 2.45. The fourth-order valence-electron chi connectivity index (χ4n) is 2.71. The van der Waals surface area contributed by atoms with E-state index in [-0.39, 0.29) is 13.0 Å². The minimum absolute atomic E-state index is 0.118. The zero-order valence-electron chi connectivity index (χ0n) is 16.2. The third kappa shape index (κ3) is 8.52.